The van der Waals surface area contributed by atoms with Crippen molar-refractivity contribution in [3.63, 3.8) is 0 Å². The molecule has 2 aromatic carbocycles. The lowest BCUT2D eigenvalue weighted by atomic mass is 10.1. The molecule has 2 N–H and O–H groups in total. The Morgan fingerprint density at radius 1 is 1.00 bits per heavy atom. The van der Waals surface area contributed by atoms with Crippen molar-refractivity contribution in [3.8, 4) is 0 Å². The first-order valence-corrected chi connectivity index (χ1v) is 10.6. The number of carbonyl (C=O) groups excluding carboxylic acids is 2. The van der Waals surface area contributed by atoms with Crippen LogP contribution < -0.4 is 10.6 Å². The quantitative estimate of drug-likeness (QED) is 0.540. The normalized spacial score (nSPS) is 11.8. The zero-order chi connectivity index (χ0) is 24.8. The van der Waals surface area contributed by atoms with Crippen LogP contribution in [0.1, 0.15) is 50.5 Å². The number of halogens is 3. The third kappa shape index (κ3) is 8.00. The van der Waals surface area contributed by atoms with Gasteiger partial charge in [-0.2, -0.15) is 13.2 Å². The van der Waals surface area contributed by atoms with Gasteiger partial charge in [0.05, 0.1) is 16.8 Å². The highest BCUT2D eigenvalue weighted by Gasteiger charge is 2.30. The van der Waals surface area contributed by atoms with Gasteiger partial charge in [-0.05, 0) is 71.0 Å². The van der Waals surface area contributed by atoms with Gasteiger partial charge in [-0.15, -0.1) is 0 Å². The topological polar surface area (TPSA) is 70.7 Å². The minimum atomic E-state index is -4.42. The predicted molar refractivity (Wildman–Crippen MR) is 122 cm³/mol. The number of alkyl halides is 3. The van der Waals surface area contributed by atoms with E-state index in [-0.39, 0.29) is 25.0 Å². The maximum Gasteiger partial charge on any atom is 0.416 e. The number of hydrogen-bond donors (Lipinski definition) is 2. The predicted octanol–water partition coefficient (Wildman–Crippen LogP) is 5.82. The Kier molecular flexibility index (Phi) is 8.35. The maximum absolute atomic E-state index is 12.8. The van der Waals surface area contributed by atoms with E-state index >= 15 is 0 Å². The molecule has 0 atom stereocenters. The summed E-state index contributed by atoms with van der Waals surface area (Å²) in [6.07, 6.45) is -4.88. The molecular formula is C24H30F3N3O3. The molecule has 0 bridgehead atoms. The third-order valence-corrected chi connectivity index (χ3v) is 4.55. The molecule has 0 saturated carbocycles. The second kappa shape index (κ2) is 10.6. The number of ether oxygens (including phenoxy) is 1. The van der Waals surface area contributed by atoms with Crippen LogP contribution in [0.25, 0.3) is 0 Å². The highest BCUT2D eigenvalue weighted by molar-refractivity contribution is 6.00. The van der Waals surface area contributed by atoms with Crippen molar-refractivity contribution in [1.29, 1.82) is 0 Å². The molecule has 0 fully saturated rings. The third-order valence-electron chi connectivity index (χ3n) is 4.55. The van der Waals surface area contributed by atoms with Gasteiger partial charge in [0.2, 0.25) is 0 Å². The smallest absolute Gasteiger partial charge is 0.416 e. The zero-order valence-electron chi connectivity index (χ0n) is 19.4. The standard InChI is InChI=1S/C24H30F3N3O3/c1-16(2)30(22(32)33-23(3,4)5)15-14-28-21(31)19-8-6-7-9-20(19)29-18-12-10-17(11-13-18)24(25,26)27/h6-13,16,29H,14-15H2,1-5H3,(H,28,31). The van der Waals surface area contributed by atoms with Crippen LogP contribution >= 0.6 is 0 Å². The number of nitrogens with one attached hydrogen (secondary N) is 2. The number of nitrogens with zero attached hydrogens (tertiary/aromatic N) is 1. The number of benzene rings is 2. The first kappa shape index (κ1) is 26.0. The molecule has 0 spiro atoms. The molecule has 0 aromatic heterocycles. The first-order valence-electron chi connectivity index (χ1n) is 10.6. The number of para-hydroxylation sites is 1. The molecule has 0 radical (unpaired) electrons. The Morgan fingerprint density at radius 2 is 1.61 bits per heavy atom. The van der Waals surface area contributed by atoms with Crippen LogP contribution in [0.4, 0.5) is 29.3 Å². The molecule has 33 heavy (non-hydrogen) atoms. The highest BCUT2D eigenvalue weighted by Crippen LogP contribution is 2.30. The second-order valence-electron chi connectivity index (χ2n) is 8.77. The van der Waals surface area contributed by atoms with Crippen molar-refractivity contribution in [2.75, 3.05) is 18.4 Å². The van der Waals surface area contributed by atoms with Crippen molar-refractivity contribution in [3.05, 3.63) is 59.7 Å². The summed E-state index contributed by atoms with van der Waals surface area (Å²) >= 11 is 0. The molecule has 0 aliphatic carbocycles. The molecule has 2 rings (SSSR count). The Morgan fingerprint density at radius 3 is 2.15 bits per heavy atom. The van der Waals surface area contributed by atoms with Gasteiger partial charge >= 0.3 is 12.3 Å². The Bertz CT molecular complexity index is 952. The minimum Gasteiger partial charge on any atom is -0.444 e. The molecule has 9 heteroatoms. The summed E-state index contributed by atoms with van der Waals surface area (Å²) in [6.45, 7) is 9.52. The van der Waals surface area contributed by atoms with Gasteiger partial charge in [-0.3, -0.25) is 4.79 Å². The monoisotopic (exact) mass is 465 g/mol. The Labute approximate surface area is 192 Å². The summed E-state index contributed by atoms with van der Waals surface area (Å²) in [4.78, 5) is 26.7. The first-order chi connectivity index (χ1) is 15.3. The average Bonchev–Trinajstić information content (AvgIpc) is 2.69. The van der Waals surface area contributed by atoms with Crippen LogP contribution in [0.15, 0.2) is 48.5 Å². The van der Waals surface area contributed by atoms with Gasteiger partial charge < -0.3 is 20.3 Å². The van der Waals surface area contributed by atoms with E-state index in [9.17, 15) is 22.8 Å². The SMILES string of the molecule is CC(C)N(CCNC(=O)c1ccccc1Nc1ccc(C(F)(F)F)cc1)C(=O)OC(C)(C)C. The van der Waals surface area contributed by atoms with E-state index in [0.29, 0.717) is 16.9 Å². The molecular weight excluding hydrogens is 435 g/mol. The van der Waals surface area contributed by atoms with Crippen molar-refractivity contribution >= 4 is 23.4 Å². The molecule has 180 valence electrons. The number of amides is 2. The molecule has 2 amide bonds. The second-order valence-corrected chi connectivity index (χ2v) is 8.77. The number of rotatable bonds is 7. The average molecular weight is 466 g/mol. The van der Waals surface area contributed by atoms with Crippen LogP contribution in [0.2, 0.25) is 0 Å². The fourth-order valence-electron chi connectivity index (χ4n) is 2.95. The largest absolute Gasteiger partial charge is 0.444 e. The molecule has 0 aliphatic heterocycles. The molecule has 0 aliphatic rings. The molecule has 6 nitrogen and oxygen atoms in total. The number of carbonyl (C=O) groups is 2. The Hall–Kier alpha value is -3.23. The van der Waals surface area contributed by atoms with Gasteiger partial charge in [0.15, 0.2) is 0 Å². The fraction of sp³-hybridized carbons (Fsp3) is 0.417. The zero-order valence-corrected chi connectivity index (χ0v) is 19.4. The van der Waals surface area contributed by atoms with E-state index in [1.54, 1.807) is 45.0 Å². The van der Waals surface area contributed by atoms with Gasteiger partial charge in [0.1, 0.15) is 5.60 Å². The van der Waals surface area contributed by atoms with E-state index in [1.807, 2.05) is 13.8 Å². The molecule has 0 heterocycles. The highest BCUT2D eigenvalue weighted by atomic mass is 19.4. The minimum absolute atomic E-state index is 0.120. The van der Waals surface area contributed by atoms with E-state index in [2.05, 4.69) is 10.6 Å². The molecule has 0 unspecified atom stereocenters. The van der Waals surface area contributed by atoms with Crippen LogP contribution in [0, 0.1) is 0 Å². The van der Waals surface area contributed by atoms with Crippen molar-refractivity contribution < 1.29 is 27.5 Å². The Balaban J connectivity index is 2.04. The molecule has 2 aromatic rings. The van der Waals surface area contributed by atoms with E-state index in [1.165, 1.54) is 17.0 Å². The van der Waals surface area contributed by atoms with Gasteiger partial charge in [0, 0.05) is 24.8 Å². The van der Waals surface area contributed by atoms with Gasteiger partial charge in [0.25, 0.3) is 5.91 Å². The lowest BCUT2D eigenvalue weighted by Gasteiger charge is -2.30. The van der Waals surface area contributed by atoms with E-state index < -0.39 is 23.4 Å². The van der Waals surface area contributed by atoms with Crippen LogP contribution in [0.5, 0.6) is 0 Å². The van der Waals surface area contributed by atoms with Crippen LogP contribution in [-0.4, -0.2) is 41.6 Å². The van der Waals surface area contributed by atoms with E-state index in [0.717, 1.165) is 12.1 Å². The number of hydrogen-bond acceptors (Lipinski definition) is 4. The molecule has 0 saturated heterocycles. The van der Waals surface area contributed by atoms with Crippen molar-refractivity contribution in [2.24, 2.45) is 0 Å². The summed E-state index contributed by atoms with van der Waals surface area (Å²) in [6, 6.07) is 11.1. The van der Waals surface area contributed by atoms with E-state index in [4.69, 9.17) is 4.74 Å². The summed E-state index contributed by atoms with van der Waals surface area (Å²) in [5, 5.41) is 5.76. The van der Waals surface area contributed by atoms with Crippen LogP contribution in [0.3, 0.4) is 0 Å². The maximum atomic E-state index is 12.8. The fourth-order valence-corrected chi connectivity index (χ4v) is 2.95. The summed E-state index contributed by atoms with van der Waals surface area (Å²) in [5.41, 5.74) is -0.192. The van der Waals surface area contributed by atoms with Crippen molar-refractivity contribution in [2.45, 2.75) is 52.4 Å². The van der Waals surface area contributed by atoms with Gasteiger partial charge in [-0.25, -0.2) is 4.79 Å². The lowest BCUT2D eigenvalue weighted by molar-refractivity contribution is -0.137. The lowest BCUT2D eigenvalue weighted by Crippen LogP contribution is -2.44. The number of anilines is 2. The summed E-state index contributed by atoms with van der Waals surface area (Å²) < 4.78 is 43.7. The van der Waals surface area contributed by atoms with Gasteiger partial charge in [-0.1, -0.05) is 12.1 Å². The van der Waals surface area contributed by atoms with Crippen LogP contribution in [-0.2, 0) is 10.9 Å². The summed E-state index contributed by atoms with van der Waals surface area (Å²) in [7, 11) is 0. The summed E-state index contributed by atoms with van der Waals surface area (Å²) in [5.74, 6) is -0.377. The van der Waals surface area contributed by atoms with Crippen molar-refractivity contribution in [1.82, 2.24) is 10.2 Å².